The molecule has 0 aliphatic carbocycles. The quantitative estimate of drug-likeness (QED) is 0.592. The van der Waals surface area contributed by atoms with Crippen LogP contribution >= 0.6 is 15.9 Å². The number of carbonyl (C=O) groups is 3. The van der Waals surface area contributed by atoms with Gasteiger partial charge in [0, 0.05) is 28.0 Å². The van der Waals surface area contributed by atoms with Gasteiger partial charge in [-0.1, -0.05) is 46.3 Å². The van der Waals surface area contributed by atoms with Crippen LogP contribution in [0.15, 0.2) is 53.0 Å². The standard InChI is InChI=1S/C25H27BrN2O5/c1-24(2,3)28-21(29)18-19(22(28)30)25(23(31)32,13-14-8-6-5-7-9-14)27-20(18)16-12-15(26)10-11-17(16)33-4/h5-12,18-20,27H,13H2,1-4H3,(H,31,32). The smallest absolute Gasteiger partial charge is 0.325 e. The van der Waals surface area contributed by atoms with E-state index in [1.807, 2.05) is 42.5 Å². The number of hydrogen-bond donors (Lipinski definition) is 2. The Labute approximate surface area is 201 Å². The average molecular weight is 515 g/mol. The van der Waals surface area contributed by atoms with E-state index in [2.05, 4.69) is 21.2 Å². The van der Waals surface area contributed by atoms with Crippen LogP contribution in [-0.4, -0.2) is 46.0 Å². The van der Waals surface area contributed by atoms with Gasteiger partial charge in [0.1, 0.15) is 11.3 Å². The number of imide groups is 1. The summed E-state index contributed by atoms with van der Waals surface area (Å²) in [4.78, 5) is 41.5. The molecule has 2 aromatic rings. The Morgan fingerprint density at radius 3 is 2.39 bits per heavy atom. The number of likely N-dealkylation sites (tertiary alicyclic amines) is 1. The molecule has 0 aromatic heterocycles. The summed E-state index contributed by atoms with van der Waals surface area (Å²) >= 11 is 3.47. The van der Waals surface area contributed by atoms with Gasteiger partial charge in [0.25, 0.3) is 0 Å². The first-order valence-corrected chi connectivity index (χ1v) is 11.6. The highest BCUT2D eigenvalue weighted by molar-refractivity contribution is 9.10. The second-order valence-corrected chi connectivity index (χ2v) is 10.5. The highest BCUT2D eigenvalue weighted by Gasteiger charge is 2.69. The fourth-order valence-corrected chi connectivity index (χ4v) is 5.61. The van der Waals surface area contributed by atoms with Gasteiger partial charge in [0.15, 0.2) is 0 Å². The highest BCUT2D eigenvalue weighted by atomic mass is 79.9. The molecule has 0 radical (unpaired) electrons. The predicted molar refractivity (Wildman–Crippen MR) is 126 cm³/mol. The summed E-state index contributed by atoms with van der Waals surface area (Å²) in [5.41, 5.74) is -1.03. The molecule has 0 bridgehead atoms. The van der Waals surface area contributed by atoms with Crippen molar-refractivity contribution in [3.05, 3.63) is 64.1 Å². The summed E-state index contributed by atoms with van der Waals surface area (Å²) in [7, 11) is 1.52. The van der Waals surface area contributed by atoms with Crippen LogP contribution in [0.4, 0.5) is 0 Å². The van der Waals surface area contributed by atoms with Crippen molar-refractivity contribution in [1.82, 2.24) is 10.2 Å². The zero-order chi connectivity index (χ0) is 24.1. The maximum atomic E-state index is 13.7. The third-order valence-corrected chi connectivity index (χ3v) is 7.05. The molecule has 4 unspecified atom stereocenters. The minimum absolute atomic E-state index is 0.0637. The Bertz CT molecular complexity index is 1110. The number of ether oxygens (including phenoxy) is 1. The number of hydrogen-bond acceptors (Lipinski definition) is 5. The zero-order valence-corrected chi connectivity index (χ0v) is 20.5. The molecule has 2 heterocycles. The molecular weight excluding hydrogens is 488 g/mol. The Morgan fingerprint density at radius 2 is 1.82 bits per heavy atom. The van der Waals surface area contributed by atoms with Crippen molar-refractivity contribution in [1.29, 1.82) is 0 Å². The average Bonchev–Trinajstić information content (AvgIpc) is 3.23. The van der Waals surface area contributed by atoms with E-state index in [1.54, 1.807) is 26.8 Å². The number of carboxylic acids is 1. The molecule has 2 saturated heterocycles. The van der Waals surface area contributed by atoms with Gasteiger partial charge >= 0.3 is 5.97 Å². The van der Waals surface area contributed by atoms with E-state index >= 15 is 0 Å². The first-order valence-electron chi connectivity index (χ1n) is 10.8. The number of carbonyl (C=O) groups excluding carboxylic acids is 2. The van der Waals surface area contributed by atoms with Crippen molar-refractivity contribution < 1.29 is 24.2 Å². The SMILES string of the molecule is COc1ccc(Br)cc1C1NC(Cc2ccccc2)(C(=O)O)C2C(=O)N(C(C)(C)C)C(=O)C12. The minimum Gasteiger partial charge on any atom is -0.496 e. The zero-order valence-electron chi connectivity index (χ0n) is 19.0. The summed E-state index contributed by atoms with van der Waals surface area (Å²) < 4.78 is 6.31. The maximum absolute atomic E-state index is 13.7. The molecule has 2 fully saturated rings. The minimum atomic E-state index is -1.66. The van der Waals surface area contributed by atoms with E-state index in [-0.39, 0.29) is 12.3 Å². The van der Waals surface area contributed by atoms with Crippen molar-refractivity contribution in [2.24, 2.45) is 11.8 Å². The molecular formula is C25H27BrN2O5. The van der Waals surface area contributed by atoms with Crippen molar-refractivity contribution in [2.75, 3.05) is 7.11 Å². The third kappa shape index (κ3) is 3.75. The number of amides is 2. The van der Waals surface area contributed by atoms with Gasteiger partial charge in [-0.2, -0.15) is 0 Å². The van der Waals surface area contributed by atoms with Crippen LogP contribution in [-0.2, 0) is 20.8 Å². The number of aliphatic carboxylic acids is 1. The number of nitrogens with one attached hydrogen (secondary N) is 1. The fraction of sp³-hybridized carbons (Fsp3) is 0.400. The number of benzene rings is 2. The number of carboxylic acid groups (broad SMARTS) is 1. The number of halogens is 1. The van der Waals surface area contributed by atoms with Gasteiger partial charge in [-0.15, -0.1) is 0 Å². The summed E-state index contributed by atoms with van der Waals surface area (Å²) in [6, 6.07) is 13.8. The number of nitrogens with zero attached hydrogens (tertiary/aromatic N) is 1. The highest BCUT2D eigenvalue weighted by Crippen LogP contribution is 2.52. The van der Waals surface area contributed by atoms with Gasteiger partial charge < -0.3 is 9.84 Å². The Hall–Kier alpha value is -2.71. The largest absolute Gasteiger partial charge is 0.496 e. The molecule has 4 atom stereocenters. The Kier molecular flexibility index (Phi) is 5.87. The number of rotatable bonds is 5. The Morgan fingerprint density at radius 1 is 1.15 bits per heavy atom. The lowest BCUT2D eigenvalue weighted by atomic mass is 9.76. The third-order valence-electron chi connectivity index (χ3n) is 6.56. The second-order valence-electron chi connectivity index (χ2n) is 9.63. The molecule has 0 spiro atoms. The van der Waals surface area contributed by atoms with Crippen LogP contribution in [0.1, 0.15) is 37.9 Å². The van der Waals surface area contributed by atoms with Gasteiger partial charge in [0.05, 0.1) is 18.9 Å². The normalized spacial score (nSPS) is 27.1. The van der Waals surface area contributed by atoms with Crippen molar-refractivity contribution >= 4 is 33.7 Å². The predicted octanol–water partition coefficient (Wildman–Crippen LogP) is 3.57. The van der Waals surface area contributed by atoms with Crippen LogP contribution in [0.25, 0.3) is 0 Å². The summed E-state index contributed by atoms with van der Waals surface area (Å²) in [5.74, 6) is -3.40. The molecule has 7 nitrogen and oxygen atoms in total. The summed E-state index contributed by atoms with van der Waals surface area (Å²) in [6.07, 6.45) is 0.0637. The first-order chi connectivity index (χ1) is 15.5. The van der Waals surface area contributed by atoms with Crippen LogP contribution in [0.5, 0.6) is 5.75 Å². The Balaban J connectivity index is 1.92. The number of fused-ring (bicyclic) bond motifs is 1. The van der Waals surface area contributed by atoms with Gasteiger partial charge in [-0.05, 0) is 44.5 Å². The fourth-order valence-electron chi connectivity index (χ4n) is 5.23. The molecule has 0 saturated carbocycles. The second kappa shape index (κ2) is 8.25. The molecule has 2 N–H and O–H groups in total. The number of methoxy groups -OCH3 is 1. The van der Waals surface area contributed by atoms with E-state index in [1.165, 1.54) is 12.0 Å². The van der Waals surface area contributed by atoms with Crippen molar-refractivity contribution in [3.8, 4) is 5.75 Å². The van der Waals surface area contributed by atoms with Crippen molar-refractivity contribution in [3.63, 3.8) is 0 Å². The lowest BCUT2D eigenvalue weighted by molar-refractivity contribution is -0.153. The molecule has 2 aromatic carbocycles. The molecule has 8 heteroatoms. The molecule has 33 heavy (non-hydrogen) atoms. The van der Waals surface area contributed by atoms with E-state index in [9.17, 15) is 19.5 Å². The van der Waals surface area contributed by atoms with Crippen LogP contribution < -0.4 is 10.1 Å². The summed E-state index contributed by atoms with van der Waals surface area (Å²) in [6.45, 7) is 5.35. The van der Waals surface area contributed by atoms with Crippen LogP contribution in [0.3, 0.4) is 0 Å². The van der Waals surface area contributed by atoms with E-state index in [0.29, 0.717) is 11.3 Å². The molecule has 2 aliphatic heterocycles. The molecule has 2 aliphatic rings. The molecule has 4 rings (SSSR count). The van der Waals surface area contributed by atoms with E-state index in [4.69, 9.17) is 4.74 Å². The lowest BCUT2D eigenvalue weighted by Crippen LogP contribution is -2.58. The van der Waals surface area contributed by atoms with Crippen molar-refractivity contribution in [2.45, 2.75) is 44.3 Å². The van der Waals surface area contributed by atoms with E-state index < -0.39 is 40.8 Å². The van der Waals surface area contributed by atoms with E-state index in [0.717, 1.165) is 10.0 Å². The van der Waals surface area contributed by atoms with Crippen LogP contribution in [0, 0.1) is 11.8 Å². The first kappa shape index (κ1) is 23.4. The monoisotopic (exact) mass is 514 g/mol. The van der Waals surface area contributed by atoms with Gasteiger partial charge in [-0.25, -0.2) is 0 Å². The maximum Gasteiger partial charge on any atom is 0.325 e. The van der Waals surface area contributed by atoms with Gasteiger partial charge in [-0.3, -0.25) is 24.6 Å². The van der Waals surface area contributed by atoms with Gasteiger partial charge in [0.2, 0.25) is 11.8 Å². The van der Waals surface area contributed by atoms with Crippen LogP contribution in [0.2, 0.25) is 0 Å². The molecule has 2 amide bonds. The summed E-state index contributed by atoms with van der Waals surface area (Å²) in [5, 5.41) is 13.8. The molecule has 174 valence electrons. The topological polar surface area (TPSA) is 95.9 Å². The lowest BCUT2D eigenvalue weighted by Gasteiger charge is -2.35.